The highest BCUT2D eigenvalue weighted by molar-refractivity contribution is 6.30. The van der Waals surface area contributed by atoms with Gasteiger partial charge in [0.15, 0.2) is 0 Å². The number of likely N-dealkylation sites (tertiary alicyclic amines) is 1. The maximum Gasteiger partial charge on any atom is 0.141 e. The van der Waals surface area contributed by atoms with Crippen molar-refractivity contribution in [1.82, 2.24) is 10.4 Å². The number of halogens is 2. The maximum atomic E-state index is 13.4. The van der Waals surface area contributed by atoms with Gasteiger partial charge in [0.1, 0.15) is 54.8 Å². The highest BCUT2D eigenvalue weighted by Crippen LogP contribution is 2.38. The lowest BCUT2D eigenvalue weighted by molar-refractivity contribution is -0.120. The molecule has 11 heteroatoms. The Morgan fingerprint density at radius 2 is 2.17 bits per heavy atom. The zero-order valence-electron chi connectivity index (χ0n) is 15.5. The van der Waals surface area contributed by atoms with Crippen molar-refractivity contribution in [1.29, 1.82) is 0 Å². The summed E-state index contributed by atoms with van der Waals surface area (Å²) in [5.74, 6) is -0.0674. The number of aliphatic hydroxyl groups excluding tert-OH is 3. The summed E-state index contributed by atoms with van der Waals surface area (Å²) in [4.78, 5) is 15.3. The first-order valence-electron chi connectivity index (χ1n) is 9.21. The molecule has 4 rings (SSSR count). The molecule has 0 amide bonds. The van der Waals surface area contributed by atoms with Crippen molar-refractivity contribution in [3.63, 3.8) is 0 Å². The normalized spacial score (nSPS) is 35.4. The second-order valence-electron chi connectivity index (χ2n) is 7.22. The summed E-state index contributed by atoms with van der Waals surface area (Å²) in [7, 11) is 1.49. The van der Waals surface area contributed by atoms with Crippen LogP contribution in [0.5, 0.6) is 0 Å². The van der Waals surface area contributed by atoms with Gasteiger partial charge in [0, 0.05) is 6.54 Å². The van der Waals surface area contributed by atoms with Crippen molar-refractivity contribution in [3.8, 4) is 0 Å². The molecule has 0 bridgehead atoms. The molecule has 3 aliphatic heterocycles. The van der Waals surface area contributed by atoms with Crippen molar-refractivity contribution in [2.45, 2.75) is 43.2 Å². The van der Waals surface area contributed by atoms with Crippen LogP contribution >= 0.6 is 11.6 Å². The van der Waals surface area contributed by atoms with Crippen LogP contribution in [0.4, 0.5) is 4.39 Å². The molecule has 0 radical (unpaired) electrons. The number of nitrogens with one attached hydrogen (secondary N) is 1. The Kier molecular flexibility index (Phi) is 5.85. The predicted molar refractivity (Wildman–Crippen MR) is 102 cm³/mol. The third-order valence-electron chi connectivity index (χ3n) is 5.57. The van der Waals surface area contributed by atoms with Gasteiger partial charge in [0.2, 0.25) is 0 Å². The Morgan fingerprint density at radius 1 is 1.38 bits per heavy atom. The van der Waals surface area contributed by atoms with E-state index in [1.807, 2.05) is 4.90 Å². The number of fused-ring (bicyclic) bond motifs is 1. The zero-order chi connectivity index (χ0) is 20.7. The van der Waals surface area contributed by atoms with E-state index in [4.69, 9.17) is 21.2 Å². The summed E-state index contributed by atoms with van der Waals surface area (Å²) < 4.78 is 19.3. The first-order chi connectivity index (χ1) is 13.9. The van der Waals surface area contributed by atoms with E-state index in [-0.39, 0.29) is 22.7 Å². The minimum Gasteiger partial charge on any atom is -0.387 e. The van der Waals surface area contributed by atoms with Gasteiger partial charge < -0.3 is 20.1 Å². The van der Waals surface area contributed by atoms with Gasteiger partial charge in [0.25, 0.3) is 0 Å². The van der Waals surface area contributed by atoms with Crippen LogP contribution in [0, 0.1) is 11.7 Å². The van der Waals surface area contributed by atoms with E-state index in [0.717, 1.165) is 6.07 Å². The molecule has 3 heterocycles. The van der Waals surface area contributed by atoms with Gasteiger partial charge in [-0.2, -0.15) is 0 Å². The van der Waals surface area contributed by atoms with E-state index in [1.54, 1.807) is 0 Å². The predicted octanol–water partition coefficient (Wildman–Crippen LogP) is 0.199. The lowest BCUT2D eigenvalue weighted by Gasteiger charge is -2.32. The largest absolute Gasteiger partial charge is 0.387 e. The molecule has 1 aromatic rings. The summed E-state index contributed by atoms with van der Waals surface area (Å²) >= 11 is 5.79. The topological polar surface area (TPSA) is 119 Å². The Morgan fingerprint density at radius 3 is 2.90 bits per heavy atom. The fourth-order valence-electron chi connectivity index (χ4n) is 4.12. The van der Waals surface area contributed by atoms with E-state index in [9.17, 15) is 19.7 Å². The second kappa shape index (κ2) is 8.23. The Labute approximate surface area is 171 Å². The smallest absolute Gasteiger partial charge is 0.141 e. The van der Waals surface area contributed by atoms with Crippen molar-refractivity contribution in [2.24, 2.45) is 15.9 Å². The number of rotatable bonds is 4. The minimum atomic E-state index is -1.35. The van der Waals surface area contributed by atoms with E-state index in [1.165, 1.54) is 25.6 Å². The SMILES string of the molecule is CONC1=NC=NC2C1CCN2[C@@H]1O[C@H]([C@H](O)c2ccc(F)c(Cl)c2)[C@@H](O)[C@H]1O. The average molecular weight is 429 g/mol. The van der Waals surface area contributed by atoms with Crippen LogP contribution in [0.15, 0.2) is 28.2 Å². The lowest BCUT2D eigenvalue weighted by atomic mass is 9.99. The third kappa shape index (κ3) is 3.66. The van der Waals surface area contributed by atoms with Gasteiger partial charge in [0.05, 0.1) is 18.1 Å². The van der Waals surface area contributed by atoms with Crippen LogP contribution in [0.3, 0.4) is 0 Å². The average Bonchev–Trinajstić information content (AvgIpc) is 3.26. The summed E-state index contributed by atoms with van der Waals surface area (Å²) in [6.45, 7) is 0.538. The van der Waals surface area contributed by atoms with Crippen LogP contribution in [-0.2, 0) is 9.57 Å². The van der Waals surface area contributed by atoms with Crippen LogP contribution in [-0.4, -0.2) is 76.8 Å². The highest BCUT2D eigenvalue weighted by atomic mass is 35.5. The van der Waals surface area contributed by atoms with Gasteiger partial charge in [-0.05, 0) is 24.1 Å². The molecule has 2 saturated heterocycles. The molecule has 7 atom stereocenters. The highest BCUT2D eigenvalue weighted by Gasteiger charge is 2.53. The number of aliphatic imine (C=N–C) groups is 2. The molecule has 3 aliphatic rings. The Hall–Kier alpha value is -1.66. The molecule has 0 aromatic heterocycles. The molecule has 2 unspecified atom stereocenters. The van der Waals surface area contributed by atoms with Crippen molar-refractivity contribution >= 4 is 23.8 Å². The number of hydrogen-bond donors (Lipinski definition) is 4. The Balaban J connectivity index is 1.51. The van der Waals surface area contributed by atoms with Crippen molar-refractivity contribution in [3.05, 3.63) is 34.6 Å². The maximum absolute atomic E-state index is 13.4. The van der Waals surface area contributed by atoms with E-state index < -0.39 is 36.5 Å². The molecular weight excluding hydrogens is 407 g/mol. The van der Waals surface area contributed by atoms with Gasteiger partial charge in [-0.25, -0.2) is 9.38 Å². The van der Waals surface area contributed by atoms with Crippen molar-refractivity contribution < 1.29 is 29.3 Å². The zero-order valence-corrected chi connectivity index (χ0v) is 16.3. The second-order valence-corrected chi connectivity index (χ2v) is 7.63. The molecule has 158 valence electrons. The van der Waals surface area contributed by atoms with E-state index in [0.29, 0.717) is 18.8 Å². The summed E-state index contributed by atoms with van der Waals surface area (Å²) in [6.07, 6.45) is -4.17. The standard InChI is InChI=1S/C18H22ClFN4O5/c1-28-23-16-9-4-5-24(17(9)22-7-21-16)18-14(27)13(26)15(29-18)12(25)8-2-3-11(20)10(19)6-8/h2-3,6-7,9,12-15,17-18,25-27H,4-5H2,1H3,(H,21,22,23)/t9?,12-,13+,14-,15-,17?,18-/m1/s1. The molecule has 0 saturated carbocycles. The molecule has 0 spiro atoms. The summed E-state index contributed by atoms with van der Waals surface area (Å²) in [5.41, 5.74) is 3.02. The molecule has 29 heavy (non-hydrogen) atoms. The molecular formula is C18H22ClFN4O5. The fourth-order valence-corrected chi connectivity index (χ4v) is 4.31. The first kappa shape index (κ1) is 20.6. The molecule has 9 nitrogen and oxygen atoms in total. The molecule has 1 aromatic carbocycles. The van der Waals surface area contributed by atoms with E-state index >= 15 is 0 Å². The number of benzene rings is 1. The number of hydrogen-bond acceptors (Lipinski definition) is 9. The summed E-state index contributed by atoms with van der Waals surface area (Å²) in [5, 5.41) is 31.6. The monoisotopic (exact) mass is 428 g/mol. The number of aliphatic hydroxyl groups is 3. The lowest BCUT2D eigenvalue weighted by Crippen LogP contribution is -2.49. The minimum absolute atomic E-state index is 0.0761. The molecule has 2 fully saturated rings. The third-order valence-corrected chi connectivity index (χ3v) is 5.86. The van der Waals surface area contributed by atoms with Gasteiger partial charge in [-0.3, -0.25) is 20.2 Å². The van der Waals surface area contributed by atoms with E-state index in [2.05, 4.69) is 15.5 Å². The Bertz CT molecular complexity index is 827. The first-order valence-corrected chi connectivity index (χ1v) is 9.59. The number of hydroxylamine groups is 1. The number of nitrogens with zero attached hydrogens (tertiary/aromatic N) is 3. The molecule has 0 aliphatic carbocycles. The van der Waals surface area contributed by atoms with Gasteiger partial charge >= 0.3 is 0 Å². The van der Waals surface area contributed by atoms with Crippen LogP contribution in [0.25, 0.3) is 0 Å². The fraction of sp³-hybridized carbons (Fsp3) is 0.556. The summed E-state index contributed by atoms with van der Waals surface area (Å²) in [6, 6.07) is 3.76. The van der Waals surface area contributed by atoms with Crippen LogP contribution in [0.2, 0.25) is 5.02 Å². The van der Waals surface area contributed by atoms with Crippen molar-refractivity contribution in [2.75, 3.05) is 13.7 Å². The number of amidine groups is 1. The quantitative estimate of drug-likeness (QED) is 0.506. The number of ether oxygens (including phenoxy) is 1. The van der Waals surface area contributed by atoms with Gasteiger partial charge in [-0.15, -0.1) is 0 Å². The molecule has 4 N–H and O–H groups in total. The van der Waals surface area contributed by atoms with Gasteiger partial charge in [-0.1, -0.05) is 17.7 Å². The van der Waals surface area contributed by atoms with Crippen LogP contribution < -0.4 is 5.48 Å². The van der Waals surface area contributed by atoms with Crippen LogP contribution in [0.1, 0.15) is 18.1 Å².